The van der Waals surface area contributed by atoms with Gasteiger partial charge in [-0.25, -0.2) is 0 Å². The minimum absolute atomic E-state index is 0.0972. The third kappa shape index (κ3) is 4.03. The van der Waals surface area contributed by atoms with Crippen molar-refractivity contribution in [2.45, 2.75) is 19.8 Å². The van der Waals surface area contributed by atoms with Gasteiger partial charge in [0, 0.05) is 31.5 Å². The normalized spacial score (nSPS) is 10.1. The number of para-hydroxylation sites is 1. The topological polar surface area (TPSA) is 38.3 Å². The molecule has 0 saturated heterocycles. The van der Waals surface area contributed by atoms with Gasteiger partial charge in [-0.1, -0.05) is 12.1 Å². The molecule has 0 spiro atoms. The fraction of sp³-hybridized carbons (Fsp3) is 0.462. The number of carbonyl (C=O) groups excluding carboxylic acids is 1. The molecule has 88 valence electrons. The molecule has 0 amide bonds. The second kappa shape index (κ2) is 7.01. The van der Waals surface area contributed by atoms with Crippen LogP contribution in [0.25, 0.3) is 0 Å². The molecule has 0 aliphatic carbocycles. The Hall–Kier alpha value is -1.35. The number of anilines is 1. The molecule has 0 unspecified atom stereocenters. The molecule has 0 saturated carbocycles. The summed E-state index contributed by atoms with van der Waals surface area (Å²) < 4.78 is 4.97. The monoisotopic (exact) mass is 221 g/mol. The van der Waals surface area contributed by atoms with E-state index in [1.165, 1.54) is 0 Å². The van der Waals surface area contributed by atoms with Gasteiger partial charge in [-0.2, -0.15) is 0 Å². The Bertz CT molecular complexity index is 336. The van der Waals surface area contributed by atoms with E-state index >= 15 is 0 Å². The molecule has 1 aromatic carbocycles. The number of hydrogen-bond acceptors (Lipinski definition) is 3. The predicted molar refractivity (Wildman–Crippen MR) is 66.0 cm³/mol. The summed E-state index contributed by atoms with van der Waals surface area (Å²) in [6.07, 6.45) is 2.08. The van der Waals surface area contributed by atoms with Gasteiger partial charge in [-0.3, -0.25) is 4.79 Å². The predicted octanol–water partition coefficient (Wildman–Crippen LogP) is 2.73. The zero-order valence-electron chi connectivity index (χ0n) is 9.95. The van der Waals surface area contributed by atoms with Crippen LogP contribution in [0.3, 0.4) is 0 Å². The maximum atomic E-state index is 11.3. The van der Waals surface area contributed by atoms with Crippen LogP contribution in [0.1, 0.15) is 30.1 Å². The van der Waals surface area contributed by atoms with Crippen LogP contribution in [0.4, 0.5) is 5.69 Å². The molecule has 1 aromatic rings. The molecule has 0 atom stereocenters. The van der Waals surface area contributed by atoms with Crippen LogP contribution in [0.2, 0.25) is 0 Å². The number of ketones is 1. The summed E-state index contributed by atoms with van der Waals surface area (Å²) in [4.78, 5) is 11.3. The standard InChI is InChI=1S/C13H19NO2/c1-11(15)12-7-3-4-8-13(12)14-9-5-6-10-16-2/h3-4,7-8,14H,5-6,9-10H2,1-2H3. The summed E-state index contributed by atoms with van der Waals surface area (Å²) >= 11 is 0. The van der Waals surface area contributed by atoms with E-state index in [1.54, 1.807) is 14.0 Å². The van der Waals surface area contributed by atoms with Gasteiger partial charge < -0.3 is 10.1 Å². The Morgan fingerprint density at radius 1 is 1.31 bits per heavy atom. The molecule has 0 fully saturated rings. The summed E-state index contributed by atoms with van der Waals surface area (Å²) in [5.41, 5.74) is 1.68. The van der Waals surface area contributed by atoms with Crippen LogP contribution in [-0.2, 0) is 4.74 Å². The van der Waals surface area contributed by atoms with Crippen molar-refractivity contribution in [2.24, 2.45) is 0 Å². The lowest BCUT2D eigenvalue weighted by atomic mass is 10.1. The van der Waals surface area contributed by atoms with Crippen molar-refractivity contribution in [1.29, 1.82) is 0 Å². The molecule has 0 heterocycles. The Balaban J connectivity index is 2.44. The number of unbranched alkanes of at least 4 members (excludes halogenated alkanes) is 1. The number of carbonyl (C=O) groups is 1. The minimum atomic E-state index is 0.0972. The van der Waals surface area contributed by atoms with E-state index in [0.717, 1.165) is 37.2 Å². The molecule has 0 aliphatic rings. The number of nitrogens with one attached hydrogen (secondary N) is 1. The maximum absolute atomic E-state index is 11.3. The summed E-state index contributed by atoms with van der Waals surface area (Å²) in [5, 5.41) is 3.28. The second-order valence-electron chi connectivity index (χ2n) is 3.73. The van der Waals surface area contributed by atoms with Crippen molar-refractivity contribution in [1.82, 2.24) is 0 Å². The first-order valence-electron chi connectivity index (χ1n) is 5.58. The fourth-order valence-corrected chi connectivity index (χ4v) is 1.54. The fourth-order valence-electron chi connectivity index (χ4n) is 1.54. The Morgan fingerprint density at radius 3 is 2.75 bits per heavy atom. The number of rotatable bonds is 7. The number of methoxy groups -OCH3 is 1. The first-order chi connectivity index (χ1) is 7.75. The zero-order chi connectivity index (χ0) is 11.8. The molecule has 0 aromatic heterocycles. The van der Waals surface area contributed by atoms with Gasteiger partial charge >= 0.3 is 0 Å². The van der Waals surface area contributed by atoms with Crippen LogP contribution < -0.4 is 5.32 Å². The van der Waals surface area contributed by atoms with Crippen molar-refractivity contribution in [3.8, 4) is 0 Å². The van der Waals surface area contributed by atoms with Gasteiger partial charge in [-0.05, 0) is 31.9 Å². The highest BCUT2D eigenvalue weighted by Crippen LogP contribution is 2.15. The van der Waals surface area contributed by atoms with E-state index in [2.05, 4.69) is 5.32 Å². The molecular weight excluding hydrogens is 202 g/mol. The average Bonchev–Trinajstić information content (AvgIpc) is 2.29. The van der Waals surface area contributed by atoms with E-state index < -0.39 is 0 Å². The molecule has 1 rings (SSSR count). The molecule has 3 nitrogen and oxygen atoms in total. The van der Waals surface area contributed by atoms with Crippen LogP contribution in [-0.4, -0.2) is 26.0 Å². The molecular formula is C13H19NO2. The Kier molecular flexibility index (Phi) is 5.57. The third-order valence-electron chi connectivity index (χ3n) is 2.40. The maximum Gasteiger partial charge on any atom is 0.161 e. The summed E-state index contributed by atoms with van der Waals surface area (Å²) in [7, 11) is 1.71. The molecule has 16 heavy (non-hydrogen) atoms. The lowest BCUT2D eigenvalue weighted by molar-refractivity contribution is 0.101. The van der Waals surface area contributed by atoms with Gasteiger partial charge in [0.2, 0.25) is 0 Å². The van der Waals surface area contributed by atoms with Crippen molar-refractivity contribution < 1.29 is 9.53 Å². The van der Waals surface area contributed by atoms with E-state index in [4.69, 9.17) is 4.74 Å². The van der Waals surface area contributed by atoms with Crippen LogP contribution in [0.5, 0.6) is 0 Å². The second-order valence-corrected chi connectivity index (χ2v) is 3.73. The van der Waals surface area contributed by atoms with Crippen molar-refractivity contribution >= 4 is 11.5 Å². The lowest BCUT2D eigenvalue weighted by Crippen LogP contribution is -2.07. The third-order valence-corrected chi connectivity index (χ3v) is 2.40. The largest absolute Gasteiger partial charge is 0.385 e. The first kappa shape index (κ1) is 12.7. The molecule has 0 aliphatic heterocycles. The van der Waals surface area contributed by atoms with Gasteiger partial charge in [0.15, 0.2) is 5.78 Å². The number of ether oxygens (including phenoxy) is 1. The van der Waals surface area contributed by atoms with E-state index in [0.29, 0.717) is 0 Å². The number of hydrogen-bond donors (Lipinski definition) is 1. The van der Waals surface area contributed by atoms with Crippen molar-refractivity contribution in [3.63, 3.8) is 0 Å². The quantitative estimate of drug-likeness (QED) is 0.568. The molecule has 3 heteroatoms. The van der Waals surface area contributed by atoms with Crippen molar-refractivity contribution in [3.05, 3.63) is 29.8 Å². The summed E-state index contributed by atoms with van der Waals surface area (Å²) in [6.45, 7) is 3.25. The molecule has 0 radical (unpaired) electrons. The lowest BCUT2D eigenvalue weighted by Gasteiger charge is -2.09. The van der Waals surface area contributed by atoms with Gasteiger partial charge in [-0.15, -0.1) is 0 Å². The highest BCUT2D eigenvalue weighted by Gasteiger charge is 2.04. The zero-order valence-corrected chi connectivity index (χ0v) is 9.95. The Morgan fingerprint density at radius 2 is 2.06 bits per heavy atom. The van der Waals surface area contributed by atoms with E-state index in [1.807, 2.05) is 24.3 Å². The Labute approximate surface area is 96.8 Å². The first-order valence-corrected chi connectivity index (χ1v) is 5.58. The van der Waals surface area contributed by atoms with E-state index in [-0.39, 0.29) is 5.78 Å². The van der Waals surface area contributed by atoms with Gasteiger partial charge in [0.05, 0.1) is 0 Å². The van der Waals surface area contributed by atoms with Crippen LogP contribution in [0, 0.1) is 0 Å². The average molecular weight is 221 g/mol. The summed E-state index contributed by atoms with van der Waals surface area (Å²) in [6, 6.07) is 7.60. The number of benzene rings is 1. The molecule has 1 N–H and O–H groups in total. The van der Waals surface area contributed by atoms with Crippen LogP contribution >= 0.6 is 0 Å². The number of Topliss-reactive ketones (excluding diaryl/α,β-unsaturated/α-hetero) is 1. The van der Waals surface area contributed by atoms with Gasteiger partial charge in [0.1, 0.15) is 0 Å². The van der Waals surface area contributed by atoms with Crippen LogP contribution in [0.15, 0.2) is 24.3 Å². The SMILES string of the molecule is COCCCCNc1ccccc1C(C)=O. The highest BCUT2D eigenvalue weighted by molar-refractivity contribution is 5.99. The van der Waals surface area contributed by atoms with Gasteiger partial charge in [0.25, 0.3) is 0 Å². The highest BCUT2D eigenvalue weighted by atomic mass is 16.5. The smallest absolute Gasteiger partial charge is 0.161 e. The minimum Gasteiger partial charge on any atom is -0.385 e. The van der Waals surface area contributed by atoms with Crippen molar-refractivity contribution in [2.75, 3.05) is 25.6 Å². The van der Waals surface area contributed by atoms with E-state index in [9.17, 15) is 4.79 Å². The summed E-state index contributed by atoms with van der Waals surface area (Å²) in [5.74, 6) is 0.0972. The molecule has 0 bridgehead atoms.